The minimum Gasteiger partial charge on any atom is 2.00 e. The quantitative estimate of drug-likeness (QED) is 0.393. The van der Waals surface area contributed by atoms with Crippen molar-refractivity contribution >= 4 is 27.3 Å². The van der Waals surface area contributed by atoms with Crippen LogP contribution in [0.3, 0.4) is 0 Å². The largest absolute Gasteiger partial charge is 2.00 e. The third kappa shape index (κ3) is 86.5. The predicted molar refractivity (Wildman–Crippen MR) is 7.13 cm³/mol. The SMILES string of the molecule is [Nb+5].[O]=[Mn](=[O])([O-])[O-].[Pb+2]. The van der Waals surface area contributed by atoms with Crippen molar-refractivity contribution in [2.45, 2.75) is 0 Å². The van der Waals surface area contributed by atoms with E-state index in [1.165, 1.54) is 0 Å². The van der Waals surface area contributed by atoms with E-state index >= 15 is 0 Å². The molecule has 0 aliphatic heterocycles. The first-order valence-electron chi connectivity index (χ1n) is 0.617. The molecule has 0 aromatic rings. The first-order valence-corrected chi connectivity index (χ1v) is 2.54. The molecule has 35 valence electrons. The van der Waals surface area contributed by atoms with Crippen LogP contribution in [0.15, 0.2) is 0 Å². The summed E-state index contributed by atoms with van der Waals surface area (Å²) in [5.41, 5.74) is 0. The monoisotopic (exact) mass is 420 g/mol. The zero-order chi connectivity index (χ0) is 4.50. The topological polar surface area (TPSA) is 80.3 Å². The van der Waals surface area contributed by atoms with Gasteiger partial charge in [0, 0.05) is 0 Å². The molecule has 0 unspecified atom stereocenters. The second kappa shape index (κ2) is 5.83. The van der Waals surface area contributed by atoms with Crippen LogP contribution in [0.2, 0.25) is 0 Å². The molecule has 0 aromatic heterocycles. The van der Waals surface area contributed by atoms with Crippen molar-refractivity contribution in [2.24, 2.45) is 0 Å². The maximum Gasteiger partial charge on any atom is 2.00 e. The molecule has 0 rings (SSSR count). The van der Waals surface area contributed by atoms with Crippen molar-refractivity contribution in [1.29, 1.82) is 0 Å². The average molecular weight is 419 g/mol. The van der Waals surface area contributed by atoms with E-state index in [-0.39, 0.29) is 49.7 Å². The molecule has 0 saturated heterocycles. The average Bonchev–Trinajstić information content (AvgIpc) is 0.722. The van der Waals surface area contributed by atoms with E-state index in [2.05, 4.69) is 0 Å². The fourth-order valence-electron chi connectivity index (χ4n) is 0. The van der Waals surface area contributed by atoms with Gasteiger partial charge in [-0.25, -0.2) is 0 Å². The molecule has 4 nitrogen and oxygen atoms in total. The van der Waals surface area contributed by atoms with Gasteiger partial charge in [0.15, 0.2) is 0 Å². The molecule has 0 aromatic carbocycles. The van der Waals surface area contributed by atoms with Crippen LogP contribution in [0.5, 0.6) is 0 Å². The number of hydrogen-bond donors (Lipinski definition) is 0. The third-order valence-electron chi connectivity index (χ3n) is 0. The Hall–Kier alpha value is 1.70. The Morgan fingerprint density at radius 2 is 1.14 bits per heavy atom. The molecule has 0 amide bonds. The van der Waals surface area contributed by atoms with Crippen molar-refractivity contribution in [3.63, 3.8) is 0 Å². The van der Waals surface area contributed by atoms with Gasteiger partial charge >= 0.3 is 79.1 Å². The Morgan fingerprint density at radius 1 is 1.14 bits per heavy atom. The molecule has 0 atom stereocenters. The second-order valence-electron chi connectivity index (χ2n) is 0.378. The summed E-state index contributed by atoms with van der Waals surface area (Å²) in [6, 6.07) is 0. The summed E-state index contributed by atoms with van der Waals surface area (Å²) < 4.78 is 34.3. The summed E-state index contributed by atoms with van der Waals surface area (Å²) in [4.78, 5) is 0. The van der Waals surface area contributed by atoms with Gasteiger partial charge in [-0.3, -0.25) is 0 Å². The van der Waals surface area contributed by atoms with E-state index in [1.54, 1.807) is 0 Å². The molecule has 0 aliphatic carbocycles. The molecule has 0 heterocycles. The molecular weight excluding hydrogens is 419 g/mol. The van der Waals surface area contributed by atoms with Gasteiger partial charge in [-0.1, -0.05) is 0 Å². The summed E-state index contributed by atoms with van der Waals surface area (Å²) in [7, 11) is 0. The summed E-state index contributed by atoms with van der Waals surface area (Å²) in [6.07, 6.45) is 0. The Kier molecular flexibility index (Phi) is 13.2. The normalized spacial score (nSPS) is 8.29. The minimum atomic E-state index is -5.62. The third-order valence-corrected chi connectivity index (χ3v) is 0. The molecule has 2 radical (unpaired) electrons. The van der Waals surface area contributed by atoms with Crippen molar-refractivity contribution < 1.29 is 51.8 Å². The first kappa shape index (κ1) is 15.9. The Bertz CT molecular complexity index is 94.9. The van der Waals surface area contributed by atoms with Crippen molar-refractivity contribution in [1.82, 2.24) is 0 Å². The Balaban J connectivity index is -0.0000000800. The van der Waals surface area contributed by atoms with Gasteiger partial charge in [-0.2, -0.15) is 0 Å². The molecule has 7 heavy (non-hydrogen) atoms. The van der Waals surface area contributed by atoms with Crippen molar-refractivity contribution in [3.05, 3.63) is 0 Å². The van der Waals surface area contributed by atoms with Gasteiger partial charge in [0.2, 0.25) is 0 Å². The Morgan fingerprint density at radius 3 is 1.14 bits per heavy atom. The molecule has 0 bridgehead atoms. The predicted octanol–water partition coefficient (Wildman–Crippen LogP) is -3.00. The van der Waals surface area contributed by atoms with Crippen LogP contribution < -0.4 is 8.38 Å². The second-order valence-corrected chi connectivity index (χ2v) is 1.56. The van der Waals surface area contributed by atoms with Crippen LogP contribution in [0.4, 0.5) is 0 Å². The maximum absolute atomic E-state index is 8.58. The van der Waals surface area contributed by atoms with Gasteiger partial charge in [-0.15, -0.1) is 0 Å². The van der Waals surface area contributed by atoms with E-state index in [0.717, 1.165) is 0 Å². The van der Waals surface area contributed by atoms with Crippen LogP contribution in [0, 0.1) is 0 Å². The van der Waals surface area contributed by atoms with E-state index < -0.39 is 13.4 Å². The summed E-state index contributed by atoms with van der Waals surface area (Å²) in [5.74, 6) is 0. The van der Waals surface area contributed by atoms with Crippen LogP contribution in [-0.4, -0.2) is 27.3 Å². The van der Waals surface area contributed by atoms with Gasteiger partial charge in [0.1, 0.15) is 0 Å². The van der Waals surface area contributed by atoms with Crippen LogP contribution in [0.25, 0.3) is 0 Å². The molecular formula is MnNbO4Pb+5. The van der Waals surface area contributed by atoms with E-state index in [0.29, 0.717) is 0 Å². The van der Waals surface area contributed by atoms with Gasteiger partial charge in [0.05, 0.1) is 0 Å². The molecule has 0 aliphatic rings. The van der Waals surface area contributed by atoms with Crippen LogP contribution >= 0.6 is 0 Å². The van der Waals surface area contributed by atoms with Gasteiger partial charge in [-0.05, 0) is 0 Å². The molecule has 0 N–H and O–H groups in total. The fraction of sp³-hybridized carbons (Fsp3) is 0. The first-order chi connectivity index (χ1) is 2.00. The number of rotatable bonds is 0. The van der Waals surface area contributed by atoms with Crippen LogP contribution in [0.1, 0.15) is 0 Å². The zero-order valence-electron chi connectivity index (χ0n) is 2.96. The van der Waals surface area contributed by atoms with Gasteiger partial charge < -0.3 is 0 Å². The van der Waals surface area contributed by atoms with E-state index in [1.807, 2.05) is 0 Å². The summed E-state index contributed by atoms with van der Waals surface area (Å²) >= 11 is -5.62. The molecule has 0 spiro atoms. The van der Waals surface area contributed by atoms with E-state index in [9.17, 15) is 0 Å². The summed E-state index contributed by atoms with van der Waals surface area (Å²) in [5, 5.41) is 0. The fourth-order valence-corrected chi connectivity index (χ4v) is 0. The van der Waals surface area contributed by atoms with Crippen molar-refractivity contribution in [2.75, 3.05) is 0 Å². The van der Waals surface area contributed by atoms with Crippen molar-refractivity contribution in [3.8, 4) is 0 Å². The summed E-state index contributed by atoms with van der Waals surface area (Å²) in [6.45, 7) is 0. The maximum atomic E-state index is 8.58. The van der Waals surface area contributed by atoms with Crippen LogP contribution in [-0.2, 0) is 43.4 Å². The molecule has 7 heteroatoms. The zero-order valence-corrected chi connectivity index (χ0v) is 10.2. The smallest absolute Gasteiger partial charge is 2.00 e. The van der Waals surface area contributed by atoms with Gasteiger partial charge in [0.25, 0.3) is 0 Å². The Labute approximate surface area is 78.2 Å². The molecule has 0 fully saturated rings. The number of hydrogen-bond acceptors (Lipinski definition) is 4. The standard InChI is InChI=1S/Mn.Nb.4O.Pb/q;+5;;;2*-1;+2. The minimum absolute atomic E-state index is 0. The van der Waals surface area contributed by atoms with E-state index in [4.69, 9.17) is 16.0 Å². The molecule has 0 saturated carbocycles.